The monoisotopic (exact) mass is 217 g/mol. The highest BCUT2D eigenvalue weighted by atomic mass is 15.2. The molecule has 2 rings (SSSR count). The lowest BCUT2D eigenvalue weighted by Crippen LogP contribution is -2.24. The van der Waals surface area contributed by atoms with Crippen LogP contribution >= 0.6 is 0 Å². The van der Waals surface area contributed by atoms with E-state index in [1.807, 2.05) is 18.2 Å². The summed E-state index contributed by atoms with van der Waals surface area (Å²) in [5.41, 5.74) is 7.56. The average Bonchev–Trinajstić information content (AvgIpc) is 2.59. The molecule has 1 saturated heterocycles. The molecule has 1 aliphatic heterocycles. The molecule has 0 saturated carbocycles. The van der Waals surface area contributed by atoms with E-state index in [1.54, 1.807) is 0 Å². The van der Waals surface area contributed by atoms with Crippen LogP contribution in [0.15, 0.2) is 24.3 Å². The molecular formula is C13H19N3. The van der Waals surface area contributed by atoms with Crippen LogP contribution in [-0.2, 0) is 0 Å². The zero-order valence-corrected chi connectivity index (χ0v) is 9.90. The molecule has 0 aromatic heterocycles. The smallest absolute Gasteiger partial charge is 0.124 e. The van der Waals surface area contributed by atoms with Gasteiger partial charge in [-0.3, -0.25) is 5.41 Å². The summed E-state index contributed by atoms with van der Waals surface area (Å²) >= 11 is 0. The molecule has 0 radical (unpaired) electrons. The van der Waals surface area contributed by atoms with Gasteiger partial charge in [-0.15, -0.1) is 0 Å². The van der Waals surface area contributed by atoms with Crippen molar-refractivity contribution in [1.82, 2.24) is 0 Å². The van der Waals surface area contributed by atoms with Crippen LogP contribution in [0.25, 0.3) is 0 Å². The summed E-state index contributed by atoms with van der Waals surface area (Å²) < 4.78 is 0. The van der Waals surface area contributed by atoms with Crippen molar-refractivity contribution in [2.45, 2.75) is 13.8 Å². The molecule has 2 atom stereocenters. The van der Waals surface area contributed by atoms with Crippen molar-refractivity contribution in [3.63, 3.8) is 0 Å². The normalized spacial score (nSPS) is 24.8. The zero-order valence-electron chi connectivity index (χ0n) is 9.90. The molecule has 0 bridgehead atoms. The van der Waals surface area contributed by atoms with E-state index in [0.717, 1.165) is 24.3 Å². The SMILES string of the molecule is CC1CN(c2ccccc2C(=N)N)CC1C. The fourth-order valence-corrected chi connectivity index (χ4v) is 2.30. The number of benzene rings is 1. The quantitative estimate of drug-likeness (QED) is 0.588. The number of para-hydroxylation sites is 1. The molecule has 86 valence electrons. The van der Waals surface area contributed by atoms with Gasteiger partial charge in [0.25, 0.3) is 0 Å². The standard InChI is InChI=1S/C13H19N3/c1-9-7-16(8-10(9)2)12-6-4-3-5-11(12)13(14)15/h3-6,9-10H,7-8H2,1-2H3,(H3,14,15). The van der Waals surface area contributed by atoms with Crippen LogP contribution in [0.2, 0.25) is 0 Å². The molecule has 3 N–H and O–H groups in total. The number of nitrogen functional groups attached to an aromatic ring is 1. The van der Waals surface area contributed by atoms with E-state index in [2.05, 4.69) is 24.8 Å². The minimum absolute atomic E-state index is 0.155. The first kappa shape index (κ1) is 11.0. The summed E-state index contributed by atoms with van der Waals surface area (Å²) in [7, 11) is 0. The van der Waals surface area contributed by atoms with E-state index in [9.17, 15) is 0 Å². The summed E-state index contributed by atoms with van der Waals surface area (Å²) in [5, 5.41) is 7.59. The number of nitrogens with zero attached hydrogens (tertiary/aromatic N) is 1. The predicted molar refractivity (Wildman–Crippen MR) is 68.0 cm³/mol. The van der Waals surface area contributed by atoms with E-state index in [0.29, 0.717) is 11.8 Å². The molecule has 1 fully saturated rings. The van der Waals surface area contributed by atoms with Crippen LogP contribution < -0.4 is 10.6 Å². The Morgan fingerprint density at radius 1 is 1.25 bits per heavy atom. The molecule has 0 aliphatic carbocycles. The Balaban J connectivity index is 2.31. The van der Waals surface area contributed by atoms with Crippen molar-refractivity contribution in [1.29, 1.82) is 5.41 Å². The van der Waals surface area contributed by atoms with E-state index >= 15 is 0 Å². The van der Waals surface area contributed by atoms with Crippen LogP contribution in [0.1, 0.15) is 19.4 Å². The average molecular weight is 217 g/mol. The Labute approximate surface area is 96.8 Å². The van der Waals surface area contributed by atoms with Gasteiger partial charge in [0.05, 0.1) is 0 Å². The maximum atomic E-state index is 7.59. The minimum atomic E-state index is 0.155. The van der Waals surface area contributed by atoms with E-state index in [-0.39, 0.29) is 5.84 Å². The second kappa shape index (κ2) is 4.16. The van der Waals surface area contributed by atoms with Crippen molar-refractivity contribution in [2.24, 2.45) is 17.6 Å². The summed E-state index contributed by atoms with van der Waals surface area (Å²) in [4.78, 5) is 2.34. The summed E-state index contributed by atoms with van der Waals surface area (Å²) in [6.45, 7) is 6.68. The lowest BCUT2D eigenvalue weighted by Gasteiger charge is -2.21. The number of hydrogen-bond donors (Lipinski definition) is 2. The highest BCUT2D eigenvalue weighted by Gasteiger charge is 2.27. The van der Waals surface area contributed by atoms with Crippen LogP contribution in [-0.4, -0.2) is 18.9 Å². The number of hydrogen-bond acceptors (Lipinski definition) is 2. The van der Waals surface area contributed by atoms with Crippen molar-refractivity contribution in [3.05, 3.63) is 29.8 Å². The number of nitrogens with two attached hydrogens (primary N) is 1. The molecule has 1 aliphatic rings. The van der Waals surface area contributed by atoms with Crippen LogP contribution in [0.5, 0.6) is 0 Å². The number of anilines is 1. The fraction of sp³-hybridized carbons (Fsp3) is 0.462. The van der Waals surface area contributed by atoms with Crippen LogP contribution in [0.3, 0.4) is 0 Å². The third-order valence-corrected chi connectivity index (χ3v) is 3.52. The maximum absolute atomic E-state index is 7.59. The molecule has 0 amide bonds. The zero-order chi connectivity index (χ0) is 11.7. The molecule has 3 nitrogen and oxygen atoms in total. The first-order chi connectivity index (χ1) is 7.59. The third kappa shape index (κ3) is 1.90. The fourth-order valence-electron chi connectivity index (χ4n) is 2.30. The Morgan fingerprint density at radius 3 is 2.38 bits per heavy atom. The molecule has 1 heterocycles. The highest BCUT2D eigenvalue weighted by Crippen LogP contribution is 2.29. The molecule has 16 heavy (non-hydrogen) atoms. The molecule has 1 aromatic carbocycles. The lowest BCUT2D eigenvalue weighted by molar-refractivity contribution is 0.494. The Kier molecular flexibility index (Phi) is 2.86. The second-order valence-corrected chi connectivity index (χ2v) is 4.79. The van der Waals surface area contributed by atoms with E-state index in [4.69, 9.17) is 11.1 Å². The minimum Gasteiger partial charge on any atom is -0.384 e. The first-order valence-electron chi connectivity index (χ1n) is 5.78. The largest absolute Gasteiger partial charge is 0.384 e. The van der Waals surface area contributed by atoms with Gasteiger partial charge in [-0.2, -0.15) is 0 Å². The predicted octanol–water partition coefficient (Wildman–Crippen LogP) is 2.06. The van der Waals surface area contributed by atoms with E-state index in [1.165, 1.54) is 0 Å². The summed E-state index contributed by atoms with van der Waals surface area (Å²) in [6.07, 6.45) is 0. The van der Waals surface area contributed by atoms with Crippen molar-refractivity contribution < 1.29 is 0 Å². The van der Waals surface area contributed by atoms with Crippen LogP contribution in [0.4, 0.5) is 5.69 Å². The maximum Gasteiger partial charge on any atom is 0.124 e. The molecule has 0 spiro atoms. The molecule has 1 aromatic rings. The number of nitrogens with one attached hydrogen (secondary N) is 1. The Morgan fingerprint density at radius 2 is 1.81 bits per heavy atom. The topological polar surface area (TPSA) is 53.1 Å². The van der Waals surface area contributed by atoms with Gasteiger partial charge in [0.1, 0.15) is 5.84 Å². The Hall–Kier alpha value is -1.51. The number of amidine groups is 1. The lowest BCUT2D eigenvalue weighted by atomic mass is 10.0. The van der Waals surface area contributed by atoms with Crippen molar-refractivity contribution in [2.75, 3.05) is 18.0 Å². The molecular weight excluding hydrogens is 198 g/mol. The van der Waals surface area contributed by atoms with E-state index < -0.39 is 0 Å². The van der Waals surface area contributed by atoms with Gasteiger partial charge >= 0.3 is 0 Å². The van der Waals surface area contributed by atoms with Crippen LogP contribution in [0, 0.1) is 17.2 Å². The number of rotatable bonds is 2. The first-order valence-corrected chi connectivity index (χ1v) is 5.78. The van der Waals surface area contributed by atoms with Gasteiger partial charge in [0.2, 0.25) is 0 Å². The molecule has 3 heteroatoms. The summed E-state index contributed by atoms with van der Waals surface area (Å²) in [6, 6.07) is 7.92. The highest BCUT2D eigenvalue weighted by molar-refractivity contribution is 6.00. The van der Waals surface area contributed by atoms with Crippen molar-refractivity contribution in [3.8, 4) is 0 Å². The van der Waals surface area contributed by atoms with Gasteiger partial charge in [0, 0.05) is 24.3 Å². The van der Waals surface area contributed by atoms with Gasteiger partial charge in [-0.1, -0.05) is 26.0 Å². The Bertz CT molecular complexity index is 390. The second-order valence-electron chi connectivity index (χ2n) is 4.79. The van der Waals surface area contributed by atoms with Gasteiger partial charge in [0.15, 0.2) is 0 Å². The summed E-state index contributed by atoms with van der Waals surface area (Å²) in [5.74, 6) is 1.57. The van der Waals surface area contributed by atoms with Gasteiger partial charge in [-0.25, -0.2) is 0 Å². The molecule has 2 unspecified atom stereocenters. The van der Waals surface area contributed by atoms with Crippen molar-refractivity contribution >= 4 is 11.5 Å². The third-order valence-electron chi connectivity index (χ3n) is 3.52. The van der Waals surface area contributed by atoms with Gasteiger partial charge in [-0.05, 0) is 24.0 Å². The van der Waals surface area contributed by atoms with Gasteiger partial charge < -0.3 is 10.6 Å².